The van der Waals surface area contributed by atoms with Crippen molar-refractivity contribution < 1.29 is 0 Å². The number of hydrogen-bond acceptors (Lipinski definition) is 0. The van der Waals surface area contributed by atoms with Crippen molar-refractivity contribution >= 4 is 0 Å². The first-order chi connectivity index (χ1) is 8.70. The average Bonchev–Trinajstić information content (AvgIpc) is 2.25. The lowest BCUT2D eigenvalue weighted by atomic mass is 9.91. The van der Waals surface area contributed by atoms with Gasteiger partial charge in [0.1, 0.15) is 0 Å². The Kier molecular flexibility index (Phi) is 8.80. The predicted octanol–water partition coefficient (Wildman–Crippen LogP) is 6.84. The second-order valence-corrected chi connectivity index (χ2v) is 7.22. The number of allylic oxidation sites excluding steroid dienone is 6. The molecule has 0 rings (SSSR count). The van der Waals surface area contributed by atoms with Gasteiger partial charge in [-0.1, -0.05) is 55.7 Å². The van der Waals surface area contributed by atoms with Crippen molar-refractivity contribution in [3.05, 3.63) is 34.9 Å². The van der Waals surface area contributed by atoms with E-state index in [0.29, 0.717) is 5.41 Å². The minimum atomic E-state index is 0.414. The van der Waals surface area contributed by atoms with E-state index in [-0.39, 0.29) is 0 Å². The molecule has 0 atom stereocenters. The summed E-state index contributed by atoms with van der Waals surface area (Å²) in [6.45, 7) is 15.7. The van der Waals surface area contributed by atoms with Crippen molar-refractivity contribution in [1.29, 1.82) is 0 Å². The van der Waals surface area contributed by atoms with Crippen molar-refractivity contribution in [3.63, 3.8) is 0 Å². The molecule has 0 aromatic rings. The highest BCUT2D eigenvalue weighted by Crippen LogP contribution is 2.21. The molecule has 19 heavy (non-hydrogen) atoms. The summed E-state index contributed by atoms with van der Waals surface area (Å²) >= 11 is 0. The summed E-state index contributed by atoms with van der Waals surface area (Å²) in [6, 6.07) is 0. The van der Waals surface area contributed by atoms with Gasteiger partial charge < -0.3 is 0 Å². The Balaban J connectivity index is 3.96. The third kappa shape index (κ3) is 13.5. The first kappa shape index (κ1) is 18.2. The first-order valence-electron chi connectivity index (χ1n) is 7.65. The molecule has 0 aliphatic rings. The molecule has 0 aromatic carbocycles. The zero-order valence-corrected chi connectivity index (χ0v) is 14.3. The minimum absolute atomic E-state index is 0.414. The molecule has 0 aliphatic carbocycles. The van der Waals surface area contributed by atoms with Crippen LogP contribution in [0.5, 0.6) is 0 Å². The van der Waals surface area contributed by atoms with Gasteiger partial charge in [-0.15, -0.1) is 0 Å². The molecule has 0 heteroatoms. The van der Waals surface area contributed by atoms with Gasteiger partial charge in [0.2, 0.25) is 0 Å². The maximum atomic E-state index is 2.41. The third-order valence-corrected chi connectivity index (χ3v) is 3.19. The molecule has 0 bridgehead atoms. The Bertz CT molecular complexity index is 328. The second-order valence-electron chi connectivity index (χ2n) is 7.22. The Labute approximate surface area is 121 Å². The van der Waals surface area contributed by atoms with E-state index in [0.717, 1.165) is 0 Å². The second kappa shape index (κ2) is 9.18. The smallest absolute Gasteiger partial charge is 0.0288 e. The molecule has 0 unspecified atom stereocenters. The van der Waals surface area contributed by atoms with Gasteiger partial charge in [-0.25, -0.2) is 0 Å². The third-order valence-electron chi connectivity index (χ3n) is 3.19. The van der Waals surface area contributed by atoms with Crippen LogP contribution in [-0.2, 0) is 0 Å². The van der Waals surface area contributed by atoms with E-state index in [4.69, 9.17) is 0 Å². The predicted molar refractivity (Wildman–Crippen MR) is 89.5 cm³/mol. The molecule has 0 aromatic heterocycles. The van der Waals surface area contributed by atoms with Crippen molar-refractivity contribution in [3.8, 4) is 0 Å². The van der Waals surface area contributed by atoms with Crippen LogP contribution in [0.2, 0.25) is 0 Å². The molecule has 0 N–H and O–H groups in total. The summed E-state index contributed by atoms with van der Waals surface area (Å²) in [5.41, 5.74) is 4.90. The first-order valence-corrected chi connectivity index (χ1v) is 7.65. The molecule has 0 spiro atoms. The van der Waals surface area contributed by atoms with E-state index < -0.39 is 0 Å². The van der Waals surface area contributed by atoms with E-state index in [1.807, 2.05) is 0 Å². The summed E-state index contributed by atoms with van der Waals surface area (Å²) in [7, 11) is 0. The molecule has 0 saturated heterocycles. The zero-order valence-electron chi connectivity index (χ0n) is 14.3. The maximum absolute atomic E-state index is 2.41. The van der Waals surface area contributed by atoms with Crippen LogP contribution in [0.4, 0.5) is 0 Å². The van der Waals surface area contributed by atoms with Crippen LogP contribution in [0.1, 0.15) is 80.6 Å². The highest BCUT2D eigenvalue weighted by atomic mass is 14.1. The molecular weight excluding hydrogens is 228 g/mol. The van der Waals surface area contributed by atoms with Gasteiger partial charge in [-0.3, -0.25) is 0 Å². The van der Waals surface area contributed by atoms with Gasteiger partial charge in [0, 0.05) is 0 Å². The van der Waals surface area contributed by atoms with Crippen LogP contribution in [0.25, 0.3) is 0 Å². The van der Waals surface area contributed by atoms with Crippen molar-refractivity contribution in [1.82, 2.24) is 0 Å². The van der Waals surface area contributed by atoms with Gasteiger partial charge in [-0.05, 0) is 65.2 Å². The van der Waals surface area contributed by atoms with Crippen LogP contribution in [-0.4, -0.2) is 0 Å². The highest BCUT2D eigenvalue weighted by Gasteiger charge is 2.07. The van der Waals surface area contributed by atoms with Gasteiger partial charge in [0.25, 0.3) is 0 Å². The Morgan fingerprint density at radius 2 is 1.21 bits per heavy atom. The Morgan fingerprint density at radius 3 is 1.68 bits per heavy atom. The topological polar surface area (TPSA) is 0 Å². The van der Waals surface area contributed by atoms with Gasteiger partial charge in [0.15, 0.2) is 0 Å². The lowest BCUT2D eigenvalue weighted by Gasteiger charge is -2.15. The molecule has 0 aliphatic heterocycles. The van der Waals surface area contributed by atoms with E-state index in [1.54, 1.807) is 0 Å². The number of hydrogen-bond donors (Lipinski definition) is 0. The summed E-state index contributed by atoms with van der Waals surface area (Å²) in [6.07, 6.45) is 13.1. The van der Waals surface area contributed by atoms with Crippen LogP contribution >= 0.6 is 0 Å². The summed E-state index contributed by atoms with van der Waals surface area (Å²) in [4.78, 5) is 0. The molecule has 0 amide bonds. The van der Waals surface area contributed by atoms with E-state index in [2.05, 4.69) is 66.7 Å². The average molecular weight is 262 g/mol. The largest absolute Gasteiger partial charge is 0.0856 e. The van der Waals surface area contributed by atoms with Crippen molar-refractivity contribution in [2.24, 2.45) is 5.41 Å². The van der Waals surface area contributed by atoms with Crippen molar-refractivity contribution in [2.75, 3.05) is 0 Å². The standard InChI is InChI=1S/C19H34/c1-16(2)10-8-11-17(3)12-9-13-18(4)14-15-19(5,6)7/h10,12,14H,8-9,11,13,15H2,1-7H3. The molecule has 0 nitrogen and oxygen atoms in total. The minimum Gasteiger partial charge on any atom is -0.0856 e. The molecular formula is C19H34. The SMILES string of the molecule is CC(C)=CCCC(C)=CCCC(C)=CCC(C)(C)C. The van der Waals surface area contributed by atoms with Crippen LogP contribution in [0.3, 0.4) is 0 Å². The van der Waals surface area contributed by atoms with Crippen LogP contribution < -0.4 is 0 Å². The fraction of sp³-hybridized carbons (Fsp3) is 0.684. The fourth-order valence-electron chi connectivity index (χ4n) is 1.82. The molecule has 0 radical (unpaired) electrons. The zero-order chi connectivity index (χ0) is 14.9. The lowest BCUT2D eigenvalue weighted by molar-refractivity contribution is 0.419. The quantitative estimate of drug-likeness (QED) is 0.440. The summed E-state index contributed by atoms with van der Waals surface area (Å²) in [5.74, 6) is 0. The Morgan fingerprint density at radius 1 is 0.737 bits per heavy atom. The van der Waals surface area contributed by atoms with Gasteiger partial charge >= 0.3 is 0 Å². The van der Waals surface area contributed by atoms with E-state index >= 15 is 0 Å². The highest BCUT2D eigenvalue weighted by molar-refractivity contribution is 5.05. The van der Waals surface area contributed by atoms with E-state index in [1.165, 1.54) is 48.8 Å². The normalized spacial score (nSPS) is 13.6. The lowest BCUT2D eigenvalue weighted by Crippen LogP contribution is -2.02. The molecule has 110 valence electrons. The van der Waals surface area contributed by atoms with Crippen LogP contribution in [0.15, 0.2) is 34.9 Å². The fourth-order valence-corrected chi connectivity index (χ4v) is 1.82. The van der Waals surface area contributed by atoms with E-state index in [9.17, 15) is 0 Å². The summed E-state index contributed by atoms with van der Waals surface area (Å²) < 4.78 is 0. The molecule has 0 heterocycles. The molecule has 0 saturated carbocycles. The van der Waals surface area contributed by atoms with Crippen molar-refractivity contribution in [2.45, 2.75) is 80.6 Å². The maximum Gasteiger partial charge on any atom is -0.0288 e. The summed E-state index contributed by atoms with van der Waals surface area (Å²) in [5, 5.41) is 0. The Hall–Kier alpha value is -0.780. The number of rotatable bonds is 7. The van der Waals surface area contributed by atoms with Gasteiger partial charge in [-0.2, -0.15) is 0 Å². The molecule has 0 fully saturated rings. The van der Waals surface area contributed by atoms with Crippen LogP contribution in [0, 0.1) is 5.41 Å². The van der Waals surface area contributed by atoms with Gasteiger partial charge in [0.05, 0.1) is 0 Å². The monoisotopic (exact) mass is 262 g/mol.